The monoisotopic (exact) mass is 648 g/mol. The Hall–Kier alpha value is -2.43. The molecule has 7 nitrogen and oxygen atoms in total. The largest absolute Gasteiger partial charge is 0.346 e. The molecule has 2 atom stereocenters. The molecule has 204 valence electrons. The van der Waals surface area contributed by atoms with Gasteiger partial charge < -0.3 is 15.5 Å². The van der Waals surface area contributed by atoms with Gasteiger partial charge in [-0.1, -0.05) is 45.2 Å². The zero-order valence-electron chi connectivity index (χ0n) is 21.2. The number of hydrogen-bond donors (Lipinski definition) is 2. The maximum Gasteiger partial charge on any atom is 0.309 e. The topological polar surface area (TPSA) is 81.8 Å². The number of fused-ring (bicyclic) bond motifs is 1. The van der Waals surface area contributed by atoms with Crippen LogP contribution in [0.15, 0.2) is 52.3 Å². The first kappa shape index (κ1) is 28.1. The van der Waals surface area contributed by atoms with Crippen molar-refractivity contribution in [3.8, 4) is 0 Å². The molecule has 3 aromatic rings. The number of benzene rings is 2. The minimum absolute atomic E-state index is 0.177. The molecule has 2 aliphatic heterocycles. The van der Waals surface area contributed by atoms with Gasteiger partial charge in [-0.2, -0.15) is 0 Å². The van der Waals surface area contributed by atoms with Gasteiger partial charge in [0.1, 0.15) is 6.04 Å². The van der Waals surface area contributed by atoms with Crippen molar-refractivity contribution in [2.24, 2.45) is 0 Å². The highest BCUT2D eigenvalue weighted by Crippen LogP contribution is 2.34. The molecule has 1 saturated heterocycles. The summed E-state index contributed by atoms with van der Waals surface area (Å²) < 4.78 is 0.956. The van der Waals surface area contributed by atoms with E-state index in [1.165, 1.54) is 10.4 Å². The van der Waals surface area contributed by atoms with Crippen molar-refractivity contribution in [2.45, 2.75) is 38.4 Å². The fourth-order valence-corrected chi connectivity index (χ4v) is 6.77. The second-order valence-electron chi connectivity index (χ2n) is 9.72. The molecule has 0 spiro atoms. The second-order valence-corrected chi connectivity index (χ2v) is 12.4. The number of amides is 3. The first-order valence-corrected chi connectivity index (χ1v) is 15.0. The molecule has 0 bridgehead atoms. The van der Waals surface area contributed by atoms with Crippen LogP contribution in [-0.4, -0.2) is 48.3 Å². The van der Waals surface area contributed by atoms with Crippen LogP contribution in [0.5, 0.6) is 0 Å². The van der Waals surface area contributed by atoms with E-state index in [9.17, 15) is 14.4 Å². The average molecular weight is 650 g/mol. The van der Waals surface area contributed by atoms with E-state index in [4.69, 9.17) is 23.2 Å². The van der Waals surface area contributed by atoms with Crippen LogP contribution < -0.4 is 15.5 Å². The average Bonchev–Trinajstić information content (AvgIpc) is 3.53. The zero-order chi connectivity index (χ0) is 27.7. The highest BCUT2D eigenvalue weighted by Gasteiger charge is 2.35. The molecule has 1 fully saturated rings. The molecule has 2 N–H and O–H groups in total. The number of anilines is 1. The molecule has 39 heavy (non-hydrogen) atoms. The number of rotatable bonds is 6. The van der Waals surface area contributed by atoms with E-state index in [2.05, 4.69) is 42.9 Å². The van der Waals surface area contributed by atoms with Gasteiger partial charge >= 0.3 is 11.8 Å². The molecule has 0 saturated carbocycles. The summed E-state index contributed by atoms with van der Waals surface area (Å²) in [5.74, 6) is -1.85. The van der Waals surface area contributed by atoms with Crippen molar-refractivity contribution in [3.63, 3.8) is 0 Å². The van der Waals surface area contributed by atoms with Crippen LogP contribution in [0.25, 0.3) is 0 Å². The van der Waals surface area contributed by atoms with Crippen LogP contribution in [0.3, 0.4) is 0 Å². The number of thiophene rings is 1. The van der Waals surface area contributed by atoms with Crippen molar-refractivity contribution in [1.82, 2.24) is 15.5 Å². The molecule has 1 aromatic heterocycles. The number of halogens is 3. The third kappa shape index (κ3) is 6.18. The quantitative estimate of drug-likeness (QED) is 0.357. The summed E-state index contributed by atoms with van der Waals surface area (Å²) in [6.07, 6.45) is 1.33. The van der Waals surface area contributed by atoms with Gasteiger partial charge in [0.05, 0.1) is 6.04 Å². The predicted molar refractivity (Wildman–Crippen MR) is 158 cm³/mol. The Bertz CT molecular complexity index is 1430. The molecule has 0 aliphatic carbocycles. The van der Waals surface area contributed by atoms with Crippen molar-refractivity contribution in [1.29, 1.82) is 0 Å². The van der Waals surface area contributed by atoms with E-state index in [1.54, 1.807) is 28.4 Å². The molecule has 0 radical (unpaired) electrons. The molecular formula is C28H27BrCl2N4O3S. The van der Waals surface area contributed by atoms with Gasteiger partial charge in [-0.05, 0) is 78.2 Å². The molecule has 3 heterocycles. The lowest BCUT2D eigenvalue weighted by Crippen LogP contribution is -2.49. The highest BCUT2D eigenvalue weighted by molar-refractivity contribution is 9.10. The van der Waals surface area contributed by atoms with E-state index in [0.29, 0.717) is 29.6 Å². The molecular weight excluding hydrogens is 623 g/mol. The Morgan fingerprint density at radius 1 is 1.13 bits per heavy atom. The Balaban J connectivity index is 1.24. The summed E-state index contributed by atoms with van der Waals surface area (Å²) in [6, 6.07) is 12.1. The van der Waals surface area contributed by atoms with Crippen molar-refractivity contribution in [2.75, 3.05) is 24.5 Å². The van der Waals surface area contributed by atoms with Crippen LogP contribution in [-0.2, 0) is 27.3 Å². The normalized spacial score (nSPS) is 18.1. The maximum absolute atomic E-state index is 13.0. The first-order valence-electron chi connectivity index (χ1n) is 12.6. The molecule has 3 amide bonds. The number of hydrogen-bond acceptors (Lipinski definition) is 5. The minimum Gasteiger partial charge on any atom is -0.346 e. The van der Waals surface area contributed by atoms with E-state index >= 15 is 0 Å². The molecule has 2 aromatic carbocycles. The van der Waals surface area contributed by atoms with Crippen LogP contribution >= 0.6 is 50.5 Å². The van der Waals surface area contributed by atoms with Gasteiger partial charge in [-0.3, -0.25) is 19.3 Å². The van der Waals surface area contributed by atoms with E-state index in [1.807, 2.05) is 31.2 Å². The number of carbonyl (C=O) groups is 3. The van der Waals surface area contributed by atoms with Crippen LogP contribution in [0.4, 0.5) is 5.69 Å². The number of carbonyl (C=O) groups excluding carboxylic acids is 3. The van der Waals surface area contributed by atoms with Crippen LogP contribution in [0, 0.1) is 6.92 Å². The minimum atomic E-state index is -0.832. The first-order chi connectivity index (χ1) is 18.7. The zero-order valence-corrected chi connectivity index (χ0v) is 25.1. The predicted octanol–water partition coefficient (Wildman–Crippen LogP) is 5.26. The van der Waals surface area contributed by atoms with Crippen molar-refractivity contribution < 1.29 is 14.4 Å². The lowest BCUT2D eigenvalue weighted by molar-refractivity contribution is -0.140. The van der Waals surface area contributed by atoms with Crippen LogP contribution in [0.2, 0.25) is 10.0 Å². The van der Waals surface area contributed by atoms with E-state index in [0.717, 1.165) is 34.3 Å². The van der Waals surface area contributed by atoms with Crippen molar-refractivity contribution >= 4 is 73.9 Å². The van der Waals surface area contributed by atoms with Gasteiger partial charge in [-0.25, -0.2) is 0 Å². The highest BCUT2D eigenvalue weighted by atomic mass is 79.9. The molecule has 2 aliphatic rings. The fraction of sp³-hybridized carbons (Fsp3) is 0.321. The third-order valence-electron chi connectivity index (χ3n) is 7.23. The van der Waals surface area contributed by atoms with E-state index in [-0.39, 0.29) is 18.5 Å². The fourth-order valence-electron chi connectivity index (χ4n) is 5.10. The van der Waals surface area contributed by atoms with Crippen molar-refractivity contribution in [3.05, 3.63) is 83.9 Å². The maximum atomic E-state index is 13.0. The van der Waals surface area contributed by atoms with Gasteiger partial charge in [0, 0.05) is 51.3 Å². The van der Waals surface area contributed by atoms with Gasteiger partial charge in [0.25, 0.3) is 0 Å². The standard InChI is InChI=1S/C28H27BrCl2N4O3S/c1-16-12-19(3-5-21(16)29)35-10-6-23(28(35)38)33-27(37)26(36)32-14-24(20-4-2-18(30)13-22(20)31)34-9-7-25-17(15-34)8-11-39-25/h2-5,8,11-13,23-24H,6-7,9-10,14-15H2,1H3,(H,32,36)(H,33,37). The summed E-state index contributed by atoms with van der Waals surface area (Å²) in [4.78, 5) is 43.9. The molecule has 11 heteroatoms. The summed E-state index contributed by atoms with van der Waals surface area (Å²) >= 11 is 17.9. The van der Waals surface area contributed by atoms with Gasteiger partial charge in [0.15, 0.2) is 0 Å². The SMILES string of the molecule is Cc1cc(N2CCC(NC(=O)C(=O)NCC(c3ccc(Cl)cc3Cl)N3CCc4sccc4C3)C2=O)ccc1Br. The third-order valence-corrected chi connectivity index (χ3v) is 9.70. The number of nitrogens with one attached hydrogen (secondary N) is 2. The van der Waals surface area contributed by atoms with Gasteiger partial charge in [-0.15, -0.1) is 11.3 Å². The van der Waals surface area contributed by atoms with Crippen LogP contribution in [0.1, 0.15) is 34.0 Å². The molecule has 2 unspecified atom stereocenters. The lowest BCUT2D eigenvalue weighted by atomic mass is 10.0. The summed E-state index contributed by atoms with van der Waals surface area (Å²) in [6.45, 7) is 4.10. The Morgan fingerprint density at radius 2 is 1.95 bits per heavy atom. The Labute approximate surface area is 249 Å². The Morgan fingerprint density at radius 3 is 2.72 bits per heavy atom. The second kappa shape index (κ2) is 12.0. The smallest absolute Gasteiger partial charge is 0.309 e. The summed E-state index contributed by atoms with van der Waals surface area (Å²) in [5.41, 5.74) is 3.86. The summed E-state index contributed by atoms with van der Waals surface area (Å²) in [5, 5.41) is 8.51. The number of aryl methyl sites for hydroxylation is 1. The Kier molecular flexibility index (Phi) is 8.63. The molecule has 5 rings (SSSR count). The number of nitrogens with zero attached hydrogens (tertiary/aromatic N) is 2. The lowest BCUT2D eigenvalue weighted by Gasteiger charge is -2.35. The van der Waals surface area contributed by atoms with E-state index < -0.39 is 17.9 Å². The van der Waals surface area contributed by atoms with Gasteiger partial charge in [0.2, 0.25) is 5.91 Å². The summed E-state index contributed by atoms with van der Waals surface area (Å²) in [7, 11) is 0.